The van der Waals surface area contributed by atoms with E-state index in [1.807, 2.05) is 0 Å². The summed E-state index contributed by atoms with van der Waals surface area (Å²) in [6.07, 6.45) is -0.876. The molecule has 2 nitrogen and oxygen atoms in total. The second-order valence-electron chi connectivity index (χ2n) is 4.37. The van der Waals surface area contributed by atoms with Crippen molar-refractivity contribution in [1.29, 1.82) is 0 Å². The molecular weight excluding hydrogens is 250 g/mol. The van der Waals surface area contributed by atoms with Gasteiger partial charge in [0.1, 0.15) is 23.1 Å². The molecule has 0 spiro atoms. The van der Waals surface area contributed by atoms with Gasteiger partial charge in [-0.25, -0.2) is 8.78 Å². The van der Waals surface area contributed by atoms with Crippen molar-refractivity contribution >= 4 is 0 Å². The Balaban J connectivity index is 2.41. The zero-order chi connectivity index (χ0) is 14.0. The molecule has 4 heteroatoms. The van der Waals surface area contributed by atoms with Crippen LogP contribution in [0.15, 0.2) is 36.4 Å². The number of hydrogen-bond donors (Lipinski definition) is 1. The highest BCUT2D eigenvalue weighted by molar-refractivity contribution is 5.42. The van der Waals surface area contributed by atoms with E-state index in [2.05, 4.69) is 0 Å². The maximum absolute atomic E-state index is 13.5. The first kappa shape index (κ1) is 13.5. The minimum atomic E-state index is -0.876. The van der Waals surface area contributed by atoms with Crippen molar-refractivity contribution in [2.24, 2.45) is 0 Å². The molecule has 0 heterocycles. The van der Waals surface area contributed by atoms with E-state index in [0.29, 0.717) is 22.6 Å². The molecule has 19 heavy (non-hydrogen) atoms. The van der Waals surface area contributed by atoms with E-state index in [-0.39, 0.29) is 0 Å². The molecule has 1 unspecified atom stereocenters. The number of hydrogen-bond acceptors (Lipinski definition) is 2. The van der Waals surface area contributed by atoms with Crippen LogP contribution in [0.25, 0.3) is 0 Å². The molecule has 0 aliphatic carbocycles. The monoisotopic (exact) mass is 264 g/mol. The number of aryl methyl sites for hydroxylation is 1. The zero-order valence-electron chi connectivity index (χ0n) is 10.7. The highest BCUT2D eigenvalue weighted by Crippen LogP contribution is 2.32. The van der Waals surface area contributed by atoms with Crippen LogP contribution in [0.3, 0.4) is 0 Å². The van der Waals surface area contributed by atoms with Crippen molar-refractivity contribution in [2.75, 3.05) is 0 Å². The standard InChI is InChI=1S/C15H14F2O2/c1-9-6-15(13(10(2)18)8-14(9)17)19-12-5-3-4-11(16)7-12/h3-8,10,18H,1-2H3. The average Bonchev–Trinajstić information content (AvgIpc) is 2.33. The molecule has 0 aromatic heterocycles. The van der Waals surface area contributed by atoms with Crippen LogP contribution < -0.4 is 4.74 Å². The first-order valence-corrected chi connectivity index (χ1v) is 5.89. The lowest BCUT2D eigenvalue weighted by Gasteiger charge is -2.14. The van der Waals surface area contributed by atoms with E-state index in [4.69, 9.17) is 4.74 Å². The third-order valence-corrected chi connectivity index (χ3v) is 2.77. The largest absolute Gasteiger partial charge is 0.457 e. The van der Waals surface area contributed by atoms with Crippen molar-refractivity contribution in [1.82, 2.24) is 0 Å². The van der Waals surface area contributed by atoms with Gasteiger partial charge in [0.05, 0.1) is 6.10 Å². The summed E-state index contributed by atoms with van der Waals surface area (Å²) in [6.45, 7) is 3.11. The van der Waals surface area contributed by atoms with Crippen molar-refractivity contribution in [2.45, 2.75) is 20.0 Å². The molecule has 0 radical (unpaired) electrons. The topological polar surface area (TPSA) is 29.5 Å². The highest BCUT2D eigenvalue weighted by atomic mass is 19.1. The number of rotatable bonds is 3. The lowest BCUT2D eigenvalue weighted by atomic mass is 10.1. The average molecular weight is 264 g/mol. The summed E-state index contributed by atoms with van der Waals surface area (Å²) >= 11 is 0. The first-order valence-electron chi connectivity index (χ1n) is 5.89. The van der Waals surface area contributed by atoms with Gasteiger partial charge < -0.3 is 9.84 Å². The highest BCUT2D eigenvalue weighted by Gasteiger charge is 2.14. The Bertz CT molecular complexity index is 595. The minimum absolute atomic E-state index is 0.299. The maximum Gasteiger partial charge on any atom is 0.133 e. The fraction of sp³-hybridized carbons (Fsp3) is 0.200. The van der Waals surface area contributed by atoms with Gasteiger partial charge in [0.15, 0.2) is 0 Å². The predicted molar refractivity (Wildman–Crippen MR) is 68.2 cm³/mol. The third-order valence-electron chi connectivity index (χ3n) is 2.77. The molecule has 0 fully saturated rings. The molecule has 0 saturated carbocycles. The molecule has 0 saturated heterocycles. The van der Waals surface area contributed by atoms with Crippen LogP contribution in [-0.2, 0) is 0 Å². The van der Waals surface area contributed by atoms with Gasteiger partial charge in [0.25, 0.3) is 0 Å². The van der Waals surface area contributed by atoms with Crippen LogP contribution in [0.1, 0.15) is 24.2 Å². The summed E-state index contributed by atoms with van der Waals surface area (Å²) in [5.74, 6) is -0.218. The molecule has 1 N–H and O–H groups in total. The van der Waals surface area contributed by atoms with Gasteiger partial charge in [-0.05, 0) is 43.7 Å². The van der Waals surface area contributed by atoms with E-state index in [0.717, 1.165) is 0 Å². The van der Waals surface area contributed by atoms with Crippen LogP contribution in [-0.4, -0.2) is 5.11 Å². The quantitative estimate of drug-likeness (QED) is 0.903. The predicted octanol–water partition coefficient (Wildman–Crippen LogP) is 4.12. The van der Waals surface area contributed by atoms with Crippen LogP contribution in [0.4, 0.5) is 8.78 Å². The van der Waals surface area contributed by atoms with Gasteiger partial charge in [-0.1, -0.05) is 6.07 Å². The fourth-order valence-corrected chi connectivity index (χ4v) is 1.74. The molecule has 1 atom stereocenters. The van der Waals surface area contributed by atoms with E-state index < -0.39 is 17.7 Å². The summed E-state index contributed by atoms with van der Waals surface area (Å²) in [6, 6.07) is 8.36. The lowest BCUT2D eigenvalue weighted by molar-refractivity contribution is 0.195. The van der Waals surface area contributed by atoms with Crippen molar-refractivity contribution in [3.8, 4) is 11.5 Å². The van der Waals surface area contributed by atoms with Crippen LogP contribution >= 0.6 is 0 Å². The third kappa shape index (κ3) is 3.09. The number of aliphatic hydroxyl groups excluding tert-OH is 1. The molecule has 0 aliphatic heterocycles. The lowest BCUT2D eigenvalue weighted by Crippen LogP contribution is -1.99. The summed E-state index contributed by atoms with van der Waals surface area (Å²) in [5, 5.41) is 9.63. The fourth-order valence-electron chi connectivity index (χ4n) is 1.74. The van der Waals surface area contributed by atoms with E-state index in [9.17, 15) is 13.9 Å². The normalized spacial score (nSPS) is 12.3. The van der Waals surface area contributed by atoms with E-state index in [1.54, 1.807) is 13.0 Å². The van der Waals surface area contributed by atoms with Gasteiger partial charge >= 0.3 is 0 Å². The Morgan fingerprint density at radius 2 is 1.89 bits per heavy atom. The van der Waals surface area contributed by atoms with Gasteiger partial charge in [-0.15, -0.1) is 0 Å². The number of halogens is 2. The van der Waals surface area contributed by atoms with Crippen LogP contribution in [0, 0.1) is 18.6 Å². The SMILES string of the molecule is Cc1cc(Oc2cccc(F)c2)c(C(C)O)cc1F. The number of ether oxygens (including phenoxy) is 1. The van der Waals surface area contributed by atoms with Crippen molar-refractivity contribution in [3.63, 3.8) is 0 Å². The smallest absolute Gasteiger partial charge is 0.133 e. The molecule has 0 bridgehead atoms. The second-order valence-corrected chi connectivity index (χ2v) is 4.37. The molecule has 2 rings (SSSR count). The molecule has 2 aromatic rings. The molecule has 0 aliphatic rings. The molecule has 2 aromatic carbocycles. The van der Waals surface area contributed by atoms with Crippen molar-refractivity contribution < 1.29 is 18.6 Å². The molecular formula is C15H14F2O2. The number of aliphatic hydroxyl groups is 1. The Hall–Kier alpha value is -1.94. The van der Waals surface area contributed by atoms with Gasteiger partial charge in [0, 0.05) is 11.6 Å². The van der Waals surface area contributed by atoms with Crippen LogP contribution in [0.5, 0.6) is 11.5 Å². The Kier molecular flexibility index (Phi) is 3.81. The summed E-state index contributed by atoms with van der Waals surface area (Å²) in [7, 11) is 0. The van der Waals surface area contributed by atoms with Crippen LogP contribution in [0.2, 0.25) is 0 Å². The Morgan fingerprint density at radius 1 is 1.16 bits per heavy atom. The summed E-state index contributed by atoms with van der Waals surface area (Å²) in [4.78, 5) is 0. The van der Waals surface area contributed by atoms with Gasteiger partial charge in [-0.2, -0.15) is 0 Å². The van der Waals surface area contributed by atoms with Gasteiger partial charge in [0.2, 0.25) is 0 Å². The summed E-state index contributed by atoms with van der Waals surface area (Å²) in [5.41, 5.74) is 0.725. The maximum atomic E-state index is 13.5. The van der Waals surface area contributed by atoms with E-state index in [1.165, 1.54) is 37.3 Å². The number of benzene rings is 2. The Morgan fingerprint density at radius 3 is 2.53 bits per heavy atom. The molecule has 0 amide bonds. The van der Waals surface area contributed by atoms with Gasteiger partial charge in [-0.3, -0.25) is 0 Å². The summed E-state index contributed by atoms with van der Waals surface area (Å²) < 4.78 is 32.1. The zero-order valence-corrected chi connectivity index (χ0v) is 10.7. The first-order chi connectivity index (χ1) is 8.97. The van der Waals surface area contributed by atoms with E-state index >= 15 is 0 Å². The second kappa shape index (κ2) is 5.36. The van der Waals surface area contributed by atoms with Crippen molar-refractivity contribution in [3.05, 3.63) is 59.2 Å². The Labute approximate surface area is 110 Å². The minimum Gasteiger partial charge on any atom is -0.457 e. The molecule has 100 valence electrons.